The van der Waals surface area contributed by atoms with Crippen molar-refractivity contribution in [2.45, 2.75) is 32.9 Å². The average Bonchev–Trinajstić information content (AvgIpc) is 3.45. The van der Waals surface area contributed by atoms with Crippen LogP contribution in [0.5, 0.6) is 5.75 Å². The zero-order chi connectivity index (χ0) is 23.4. The summed E-state index contributed by atoms with van der Waals surface area (Å²) in [4.78, 5) is 12.5. The number of carbonyl (C=O) groups is 1. The van der Waals surface area contributed by atoms with Crippen molar-refractivity contribution in [1.82, 2.24) is 9.78 Å². The number of aromatic nitrogens is 2. The molecule has 170 valence electrons. The molecule has 0 saturated heterocycles. The van der Waals surface area contributed by atoms with Gasteiger partial charge in [0.1, 0.15) is 18.1 Å². The molecule has 0 fully saturated rings. The molecule has 2 aromatic heterocycles. The molecule has 33 heavy (non-hydrogen) atoms. The summed E-state index contributed by atoms with van der Waals surface area (Å²) in [6.45, 7) is 4.89. The third kappa shape index (κ3) is 5.78. The Labute approximate surface area is 202 Å². The molecule has 0 spiro atoms. The maximum absolute atomic E-state index is 12.5. The van der Waals surface area contributed by atoms with Crippen molar-refractivity contribution in [1.29, 1.82) is 0 Å². The first kappa shape index (κ1) is 23.0. The molecule has 6 nitrogen and oxygen atoms in total. The first-order chi connectivity index (χ1) is 15.9. The fourth-order valence-corrected chi connectivity index (χ4v) is 3.74. The molecule has 0 unspecified atom stereocenters. The lowest BCUT2D eigenvalue weighted by molar-refractivity contribution is 0.0992. The van der Waals surface area contributed by atoms with Crippen molar-refractivity contribution in [3.8, 4) is 5.75 Å². The monoisotopic (exact) mass is 483 g/mol. The van der Waals surface area contributed by atoms with Gasteiger partial charge in [-0.3, -0.25) is 9.48 Å². The largest absolute Gasteiger partial charge is 0.486 e. The second-order valence-electron chi connectivity index (χ2n) is 7.83. The van der Waals surface area contributed by atoms with Crippen molar-refractivity contribution in [2.75, 3.05) is 5.32 Å². The molecule has 1 amide bonds. The predicted octanol–water partition coefficient (Wildman–Crippen LogP) is 6.79. The molecule has 0 saturated carbocycles. The highest BCUT2D eigenvalue weighted by Gasteiger charge is 2.14. The van der Waals surface area contributed by atoms with Gasteiger partial charge in [-0.1, -0.05) is 55.2 Å². The maximum Gasteiger partial charge on any atom is 0.292 e. The first-order valence-corrected chi connectivity index (χ1v) is 11.2. The second kappa shape index (κ2) is 10.1. The molecule has 0 aliphatic heterocycles. The number of amides is 1. The van der Waals surface area contributed by atoms with E-state index in [4.69, 9.17) is 32.4 Å². The van der Waals surface area contributed by atoms with Crippen molar-refractivity contribution >= 4 is 34.9 Å². The SMILES string of the molecule is CC(C)c1ccc(OCc2ccc(C(=O)Nc3ccn(Cc4c(Cl)cccc4Cl)n3)o2)cc1. The minimum Gasteiger partial charge on any atom is -0.486 e. The van der Waals surface area contributed by atoms with Crippen LogP contribution in [-0.4, -0.2) is 15.7 Å². The van der Waals surface area contributed by atoms with Crippen LogP contribution in [0.4, 0.5) is 5.82 Å². The summed E-state index contributed by atoms with van der Waals surface area (Å²) in [5, 5.41) is 8.20. The Bertz CT molecular complexity index is 1230. The molecule has 1 N–H and O–H groups in total. The molecule has 4 rings (SSSR count). The number of rotatable bonds is 8. The Hall–Kier alpha value is -3.22. The van der Waals surface area contributed by atoms with Crippen LogP contribution in [0.1, 0.15) is 47.2 Å². The van der Waals surface area contributed by atoms with E-state index in [2.05, 4.69) is 24.3 Å². The van der Waals surface area contributed by atoms with Gasteiger partial charge in [0, 0.05) is 27.9 Å². The quantitative estimate of drug-likeness (QED) is 0.299. The minimum atomic E-state index is -0.399. The van der Waals surface area contributed by atoms with E-state index in [1.807, 2.05) is 24.3 Å². The van der Waals surface area contributed by atoms with Gasteiger partial charge in [0.25, 0.3) is 5.91 Å². The van der Waals surface area contributed by atoms with E-state index in [1.54, 1.807) is 47.3 Å². The van der Waals surface area contributed by atoms with Crippen LogP contribution in [0.15, 0.2) is 71.3 Å². The molecular formula is C25H23Cl2N3O3. The zero-order valence-electron chi connectivity index (χ0n) is 18.2. The highest BCUT2D eigenvalue weighted by Crippen LogP contribution is 2.25. The molecule has 8 heteroatoms. The number of ether oxygens (including phenoxy) is 1. The summed E-state index contributed by atoms with van der Waals surface area (Å²) < 4.78 is 13.0. The summed E-state index contributed by atoms with van der Waals surface area (Å²) in [7, 11) is 0. The lowest BCUT2D eigenvalue weighted by Crippen LogP contribution is -2.12. The number of furan rings is 1. The molecule has 0 bridgehead atoms. The lowest BCUT2D eigenvalue weighted by Gasteiger charge is -2.08. The van der Waals surface area contributed by atoms with Crippen molar-refractivity contribution in [3.05, 3.63) is 99.6 Å². The van der Waals surface area contributed by atoms with E-state index in [0.29, 0.717) is 34.1 Å². The van der Waals surface area contributed by atoms with Gasteiger partial charge < -0.3 is 14.5 Å². The second-order valence-corrected chi connectivity index (χ2v) is 8.65. The Balaban J connectivity index is 1.33. The third-order valence-corrected chi connectivity index (χ3v) is 5.79. The molecule has 2 heterocycles. The van der Waals surface area contributed by atoms with Gasteiger partial charge in [0.15, 0.2) is 11.6 Å². The van der Waals surface area contributed by atoms with Gasteiger partial charge in [-0.25, -0.2) is 0 Å². The fourth-order valence-electron chi connectivity index (χ4n) is 3.22. The Kier molecular flexibility index (Phi) is 7.06. The van der Waals surface area contributed by atoms with E-state index in [-0.39, 0.29) is 12.4 Å². The van der Waals surface area contributed by atoms with Crippen LogP contribution in [0.25, 0.3) is 0 Å². The van der Waals surface area contributed by atoms with E-state index in [0.717, 1.165) is 11.3 Å². The molecule has 0 radical (unpaired) electrons. The number of carbonyl (C=O) groups excluding carboxylic acids is 1. The summed E-state index contributed by atoms with van der Waals surface area (Å²) >= 11 is 12.4. The topological polar surface area (TPSA) is 69.3 Å². The average molecular weight is 484 g/mol. The summed E-state index contributed by atoms with van der Waals surface area (Å²) in [6, 6.07) is 18.3. The van der Waals surface area contributed by atoms with Crippen molar-refractivity contribution < 1.29 is 13.9 Å². The van der Waals surface area contributed by atoms with E-state index < -0.39 is 5.91 Å². The first-order valence-electron chi connectivity index (χ1n) is 10.5. The molecule has 4 aromatic rings. The summed E-state index contributed by atoms with van der Waals surface area (Å²) in [5.41, 5.74) is 2.01. The predicted molar refractivity (Wildman–Crippen MR) is 129 cm³/mol. The van der Waals surface area contributed by atoms with E-state index in [9.17, 15) is 4.79 Å². The fraction of sp³-hybridized carbons (Fsp3) is 0.200. The Morgan fingerprint density at radius 2 is 1.79 bits per heavy atom. The number of hydrogen-bond donors (Lipinski definition) is 1. The van der Waals surface area contributed by atoms with Crippen LogP contribution < -0.4 is 10.1 Å². The van der Waals surface area contributed by atoms with Crippen LogP contribution in [0, 0.1) is 0 Å². The highest BCUT2D eigenvalue weighted by atomic mass is 35.5. The number of anilines is 1. The number of halogens is 2. The summed E-state index contributed by atoms with van der Waals surface area (Å²) in [5.74, 6) is 1.92. The van der Waals surface area contributed by atoms with Gasteiger partial charge >= 0.3 is 0 Å². The van der Waals surface area contributed by atoms with Crippen LogP contribution in [0.3, 0.4) is 0 Å². The molecular weight excluding hydrogens is 461 g/mol. The summed E-state index contributed by atoms with van der Waals surface area (Å²) in [6.07, 6.45) is 1.74. The Morgan fingerprint density at radius 3 is 2.48 bits per heavy atom. The van der Waals surface area contributed by atoms with Crippen molar-refractivity contribution in [2.24, 2.45) is 0 Å². The normalized spacial score (nSPS) is 11.1. The molecule has 2 aromatic carbocycles. The number of benzene rings is 2. The lowest BCUT2D eigenvalue weighted by atomic mass is 10.0. The number of hydrogen-bond acceptors (Lipinski definition) is 4. The van der Waals surface area contributed by atoms with Crippen LogP contribution >= 0.6 is 23.2 Å². The van der Waals surface area contributed by atoms with Gasteiger partial charge in [-0.05, 0) is 47.9 Å². The van der Waals surface area contributed by atoms with E-state index >= 15 is 0 Å². The van der Waals surface area contributed by atoms with Gasteiger partial charge in [-0.2, -0.15) is 5.10 Å². The van der Waals surface area contributed by atoms with Gasteiger partial charge in [0.2, 0.25) is 0 Å². The minimum absolute atomic E-state index is 0.174. The zero-order valence-corrected chi connectivity index (χ0v) is 19.7. The number of nitrogens with zero attached hydrogens (tertiary/aromatic N) is 2. The van der Waals surface area contributed by atoms with E-state index in [1.165, 1.54) is 5.56 Å². The molecule has 0 atom stereocenters. The maximum atomic E-state index is 12.5. The highest BCUT2D eigenvalue weighted by molar-refractivity contribution is 6.35. The van der Waals surface area contributed by atoms with Gasteiger partial charge in [-0.15, -0.1) is 0 Å². The van der Waals surface area contributed by atoms with Crippen LogP contribution in [-0.2, 0) is 13.2 Å². The molecule has 0 aliphatic rings. The van der Waals surface area contributed by atoms with Crippen LogP contribution in [0.2, 0.25) is 10.0 Å². The smallest absolute Gasteiger partial charge is 0.292 e. The standard InChI is InChI=1S/C25H23Cl2N3O3/c1-16(2)17-6-8-18(9-7-17)32-15-19-10-11-23(33-19)25(31)28-24-12-13-30(29-24)14-20-21(26)4-3-5-22(20)27/h3-13,16H,14-15H2,1-2H3,(H,28,29,31). The third-order valence-electron chi connectivity index (χ3n) is 5.08. The Morgan fingerprint density at radius 1 is 1.06 bits per heavy atom. The van der Waals surface area contributed by atoms with Gasteiger partial charge in [0.05, 0.1) is 6.54 Å². The van der Waals surface area contributed by atoms with Crippen molar-refractivity contribution in [3.63, 3.8) is 0 Å². The molecule has 0 aliphatic carbocycles. The number of nitrogens with one attached hydrogen (secondary N) is 1.